The molecule has 9 nitrogen and oxygen atoms in total. The summed E-state index contributed by atoms with van der Waals surface area (Å²) in [7, 11) is 3.22. The summed E-state index contributed by atoms with van der Waals surface area (Å²) in [5, 5.41) is 44.3. The minimum absolute atomic E-state index is 0.0729. The first-order valence-electron chi connectivity index (χ1n) is 12.4. The smallest absolute Gasteiger partial charge is 0.255 e. The molecule has 1 aromatic rings. The number of hydrogen-bond donors (Lipinski definition) is 5. The number of aryl methyl sites for hydroxylation is 1. The number of nitrogens with zero attached hydrogens (tertiary/aromatic N) is 1. The van der Waals surface area contributed by atoms with Crippen molar-refractivity contribution in [3.63, 3.8) is 0 Å². The zero-order valence-electron chi connectivity index (χ0n) is 20.9. The van der Waals surface area contributed by atoms with Crippen LogP contribution in [0.15, 0.2) is 34.8 Å². The van der Waals surface area contributed by atoms with Gasteiger partial charge in [-0.15, -0.1) is 0 Å². The summed E-state index contributed by atoms with van der Waals surface area (Å²) < 4.78 is 0. The average Bonchev–Trinajstić information content (AvgIpc) is 2.80. The van der Waals surface area contributed by atoms with Crippen LogP contribution in [0.2, 0.25) is 0 Å². The van der Waals surface area contributed by atoms with Crippen LogP contribution in [0, 0.1) is 11.8 Å². The van der Waals surface area contributed by atoms with Gasteiger partial charge in [-0.1, -0.05) is 32.3 Å². The van der Waals surface area contributed by atoms with Gasteiger partial charge in [0.15, 0.2) is 11.4 Å². The van der Waals surface area contributed by atoms with E-state index in [-0.39, 0.29) is 23.3 Å². The van der Waals surface area contributed by atoms with Crippen LogP contribution in [0.4, 0.5) is 0 Å². The number of fused-ring (bicyclic) bond motifs is 3. The third-order valence-electron chi connectivity index (χ3n) is 8.00. The number of allylic oxidation sites excluding steroid dienone is 1. The van der Waals surface area contributed by atoms with Crippen molar-refractivity contribution >= 4 is 17.5 Å². The van der Waals surface area contributed by atoms with Crippen molar-refractivity contribution in [1.82, 2.24) is 4.90 Å². The molecule has 3 aliphatic carbocycles. The molecule has 4 rings (SSSR count). The molecule has 0 fully saturated rings. The van der Waals surface area contributed by atoms with Gasteiger partial charge in [0, 0.05) is 11.5 Å². The van der Waals surface area contributed by atoms with E-state index >= 15 is 0 Å². The number of hydrogen-bond acceptors (Lipinski definition) is 8. The summed E-state index contributed by atoms with van der Waals surface area (Å²) in [5.74, 6) is -6.31. The Kier molecular flexibility index (Phi) is 6.74. The van der Waals surface area contributed by atoms with Crippen LogP contribution >= 0.6 is 0 Å². The summed E-state index contributed by atoms with van der Waals surface area (Å²) >= 11 is 0. The second kappa shape index (κ2) is 9.37. The fourth-order valence-corrected chi connectivity index (χ4v) is 6.29. The van der Waals surface area contributed by atoms with Crippen LogP contribution in [-0.2, 0) is 22.4 Å². The van der Waals surface area contributed by atoms with E-state index in [1.807, 2.05) is 6.07 Å². The number of nitrogens with two attached hydrogens (primary N) is 1. The minimum atomic E-state index is -2.61. The molecule has 4 unspecified atom stereocenters. The number of likely N-dealkylation sites (N-methyl/N-ethyl adjacent to an activating group) is 1. The van der Waals surface area contributed by atoms with E-state index < -0.39 is 58.0 Å². The lowest BCUT2D eigenvalue weighted by atomic mass is 9.58. The number of aromatic hydroxyl groups is 1. The molecule has 6 N–H and O–H groups in total. The van der Waals surface area contributed by atoms with Gasteiger partial charge in [-0.2, -0.15) is 0 Å². The number of carbonyl (C=O) groups excluding carboxylic acids is 3. The molecule has 1 amide bonds. The van der Waals surface area contributed by atoms with Crippen LogP contribution in [0.3, 0.4) is 0 Å². The van der Waals surface area contributed by atoms with E-state index in [1.54, 1.807) is 19.0 Å². The van der Waals surface area contributed by atoms with E-state index in [9.17, 15) is 34.8 Å². The van der Waals surface area contributed by atoms with E-state index in [2.05, 4.69) is 6.92 Å². The highest BCUT2D eigenvalue weighted by atomic mass is 16.3. The molecule has 36 heavy (non-hydrogen) atoms. The number of ketones is 2. The van der Waals surface area contributed by atoms with Crippen LogP contribution < -0.4 is 5.73 Å². The highest BCUT2D eigenvalue weighted by Crippen LogP contribution is 2.52. The first kappa shape index (κ1) is 25.9. The van der Waals surface area contributed by atoms with Crippen molar-refractivity contribution < 1.29 is 34.8 Å². The molecule has 0 saturated carbocycles. The number of aliphatic hydroxyl groups excluding tert-OH is 2. The number of carbonyl (C=O) groups is 3. The zero-order valence-corrected chi connectivity index (χ0v) is 20.9. The van der Waals surface area contributed by atoms with Gasteiger partial charge in [0.1, 0.15) is 22.8 Å². The van der Waals surface area contributed by atoms with Crippen LogP contribution in [-0.4, -0.2) is 68.5 Å². The summed E-state index contributed by atoms with van der Waals surface area (Å²) in [4.78, 5) is 40.5. The van der Waals surface area contributed by atoms with Gasteiger partial charge in [0.25, 0.3) is 5.91 Å². The Bertz CT molecular complexity index is 1200. The first-order chi connectivity index (χ1) is 17.0. The summed E-state index contributed by atoms with van der Waals surface area (Å²) in [6.07, 6.45) is 5.34. The maximum atomic E-state index is 13.7. The number of primary amides is 1. The fraction of sp³-hybridized carbons (Fsp3) is 0.519. The number of amides is 1. The molecule has 1 aromatic carbocycles. The minimum Gasteiger partial charge on any atom is -0.510 e. The normalized spacial score (nSPS) is 27.8. The van der Waals surface area contributed by atoms with E-state index in [1.165, 1.54) is 6.07 Å². The number of Topliss-reactive ketones (excluding diaryl/α,β-unsaturated/α-hetero) is 2. The van der Waals surface area contributed by atoms with Crippen molar-refractivity contribution in [2.45, 2.75) is 63.5 Å². The first-order valence-corrected chi connectivity index (χ1v) is 12.4. The summed E-state index contributed by atoms with van der Waals surface area (Å²) in [6, 6.07) is 2.29. The number of unbranched alkanes of at least 4 members (excludes halogenated alkanes) is 3. The van der Waals surface area contributed by atoms with Gasteiger partial charge in [-0.3, -0.25) is 19.3 Å². The van der Waals surface area contributed by atoms with Crippen molar-refractivity contribution in [2.24, 2.45) is 17.6 Å². The van der Waals surface area contributed by atoms with Crippen molar-refractivity contribution in [2.75, 3.05) is 14.1 Å². The number of phenolic OH excluding ortho intramolecular Hbond substituents is 1. The molecule has 0 bridgehead atoms. The predicted octanol–water partition coefficient (Wildman–Crippen LogP) is 2.24. The van der Waals surface area contributed by atoms with Gasteiger partial charge in [0.05, 0.1) is 11.6 Å². The molecule has 9 heteroatoms. The van der Waals surface area contributed by atoms with E-state index in [0.29, 0.717) is 12.0 Å². The maximum absolute atomic E-state index is 13.7. The van der Waals surface area contributed by atoms with Crippen molar-refractivity contribution in [3.05, 3.63) is 51.5 Å². The molecule has 4 atom stereocenters. The van der Waals surface area contributed by atoms with Gasteiger partial charge >= 0.3 is 0 Å². The predicted molar refractivity (Wildman–Crippen MR) is 132 cm³/mol. The van der Waals surface area contributed by atoms with Gasteiger partial charge in [0.2, 0.25) is 5.78 Å². The maximum Gasteiger partial charge on any atom is 0.255 e. The number of aliphatic hydroxyl groups is 3. The number of rotatable bonds is 7. The van der Waals surface area contributed by atoms with E-state index in [4.69, 9.17) is 5.73 Å². The second-order valence-electron chi connectivity index (χ2n) is 10.4. The Hall–Kier alpha value is -3.17. The van der Waals surface area contributed by atoms with Crippen molar-refractivity contribution in [1.29, 1.82) is 0 Å². The fourth-order valence-electron chi connectivity index (χ4n) is 6.29. The monoisotopic (exact) mass is 498 g/mol. The molecule has 3 aliphatic rings. The SMILES string of the molecule is CCCCCCc1ccc(O)c2c1CC1CC3C(N(C)C)C(O)=C(C(N)=O)C(=O)C3(O)C(O)=C1C2=O. The molecule has 0 spiro atoms. The van der Waals surface area contributed by atoms with E-state index in [0.717, 1.165) is 37.7 Å². The second-order valence-corrected chi connectivity index (χ2v) is 10.4. The van der Waals surface area contributed by atoms with Gasteiger partial charge in [-0.05, 0) is 62.9 Å². The Labute approximate surface area is 209 Å². The third kappa shape index (κ3) is 3.72. The summed E-state index contributed by atoms with van der Waals surface area (Å²) in [5.41, 5.74) is 3.54. The standard InChI is InChI=1S/C27H34N2O7/c1-4-5-6-7-8-13-9-10-17(30)19-15(13)11-14-12-16-21(29(2)3)23(32)20(26(28)35)25(34)27(16,36)24(33)18(14)22(19)31/h9-10,14,16,21,30,32-33,36H,4-8,11-12H2,1-3H3,(H2,28,35). The molecule has 0 radical (unpaired) electrons. The highest BCUT2D eigenvalue weighted by Gasteiger charge is 2.63. The highest BCUT2D eigenvalue weighted by molar-refractivity contribution is 6.24. The Morgan fingerprint density at radius 3 is 2.44 bits per heavy atom. The van der Waals surface area contributed by atoms with Gasteiger partial charge < -0.3 is 26.2 Å². The summed E-state index contributed by atoms with van der Waals surface area (Å²) in [6.45, 7) is 2.13. The Morgan fingerprint density at radius 1 is 1.14 bits per heavy atom. The lowest BCUT2D eigenvalue weighted by Crippen LogP contribution is -2.63. The molecule has 0 heterocycles. The Morgan fingerprint density at radius 2 is 1.83 bits per heavy atom. The average molecular weight is 499 g/mol. The van der Waals surface area contributed by atoms with Crippen LogP contribution in [0.1, 0.15) is 60.5 Å². The largest absolute Gasteiger partial charge is 0.510 e. The lowest BCUT2D eigenvalue weighted by molar-refractivity contribution is -0.148. The zero-order chi connectivity index (χ0) is 26.5. The topological polar surface area (TPSA) is 161 Å². The number of benzene rings is 1. The lowest BCUT2D eigenvalue weighted by Gasteiger charge is -2.50. The van der Waals surface area contributed by atoms with Crippen molar-refractivity contribution in [3.8, 4) is 5.75 Å². The molecule has 0 aliphatic heterocycles. The molecular weight excluding hydrogens is 464 g/mol. The Balaban J connectivity index is 1.85. The number of phenols is 1. The molecule has 194 valence electrons. The van der Waals surface area contributed by atoms with Crippen LogP contribution in [0.5, 0.6) is 5.75 Å². The molecule has 0 saturated heterocycles. The quantitative estimate of drug-likeness (QED) is 0.282. The van der Waals surface area contributed by atoms with Gasteiger partial charge in [-0.25, -0.2) is 0 Å². The molecule has 0 aromatic heterocycles. The van der Waals surface area contributed by atoms with Crippen LogP contribution in [0.25, 0.3) is 0 Å². The third-order valence-corrected chi connectivity index (χ3v) is 8.00. The molecular formula is C27H34N2O7.